The summed E-state index contributed by atoms with van der Waals surface area (Å²) in [5.41, 5.74) is 2.41. The van der Waals surface area contributed by atoms with Gasteiger partial charge in [0.05, 0.1) is 6.10 Å². The van der Waals surface area contributed by atoms with Gasteiger partial charge in [-0.2, -0.15) is 0 Å². The van der Waals surface area contributed by atoms with E-state index in [4.69, 9.17) is 4.74 Å². The lowest BCUT2D eigenvalue weighted by Crippen LogP contribution is -2.20. The van der Waals surface area contributed by atoms with Crippen molar-refractivity contribution in [2.24, 2.45) is 0 Å². The van der Waals surface area contributed by atoms with Crippen molar-refractivity contribution < 1.29 is 9.84 Å². The van der Waals surface area contributed by atoms with E-state index in [0.29, 0.717) is 5.75 Å². The molecule has 24 heavy (non-hydrogen) atoms. The molecule has 2 aromatic heterocycles. The fourth-order valence-corrected chi connectivity index (χ4v) is 4.33. The number of aliphatic hydroxyl groups is 1. The lowest BCUT2D eigenvalue weighted by Gasteiger charge is -2.12. The van der Waals surface area contributed by atoms with Gasteiger partial charge in [-0.05, 0) is 38.5 Å². The quantitative estimate of drug-likeness (QED) is 0.529. The molecule has 3 aromatic rings. The second kappa shape index (κ2) is 7.51. The Bertz CT molecular complexity index is 831. The Morgan fingerprint density at radius 2 is 1.92 bits per heavy atom. The molecule has 0 fully saturated rings. The van der Waals surface area contributed by atoms with Crippen molar-refractivity contribution in [1.29, 1.82) is 0 Å². The molecule has 0 aliphatic carbocycles. The van der Waals surface area contributed by atoms with Gasteiger partial charge in [0.1, 0.15) is 28.5 Å². The molecular formula is C18H20N2O2S2. The number of thioether (sulfide) groups is 1. The molecule has 0 amide bonds. The van der Waals surface area contributed by atoms with Gasteiger partial charge in [-0.1, -0.05) is 17.7 Å². The van der Waals surface area contributed by atoms with Gasteiger partial charge in [0, 0.05) is 16.0 Å². The Kier molecular flexibility index (Phi) is 5.38. The molecule has 0 aliphatic heterocycles. The molecule has 6 heteroatoms. The number of aryl methyl sites for hydroxylation is 3. The van der Waals surface area contributed by atoms with Crippen LogP contribution in [0.1, 0.15) is 16.0 Å². The Morgan fingerprint density at radius 3 is 2.67 bits per heavy atom. The number of aromatic nitrogens is 2. The average molecular weight is 361 g/mol. The Labute approximate surface area is 149 Å². The molecule has 2 heterocycles. The van der Waals surface area contributed by atoms with E-state index in [9.17, 15) is 5.11 Å². The number of benzene rings is 1. The molecule has 1 unspecified atom stereocenters. The van der Waals surface area contributed by atoms with Crippen LogP contribution in [0.3, 0.4) is 0 Å². The molecule has 1 aromatic carbocycles. The molecule has 1 atom stereocenters. The molecule has 3 rings (SSSR count). The summed E-state index contributed by atoms with van der Waals surface area (Å²) >= 11 is 3.23. The Balaban J connectivity index is 1.60. The summed E-state index contributed by atoms with van der Waals surface area (Å²) in [5.74, 6) is 1.31. The van der Waals surface area contributed by atoms with Gasteiger partial charge >= 0.3 is 0 Å². The molecule has 0 spiro atoms. The number of thiophene rings is 1. The first-order valence-corrected chi connectivity index (χ1v) is 9.56. The van der Waals surface area contributed by atoms with Crippen LogP contribution in [-0.2, 0) is 0 Å². The van der Waals surface area contributed by atoms with Crippen LogP contribution < -0.4 is 4.74 Å². The number of ether oxygens (including phenoxy) is 1. The minimum Gasteiger partial charge on any atom is -0.491 e. The fraction of sp³-hybridized carbons (Fsp3) is 0.333. The maximum atomic E-state index is 10.2. The molecular weight excluding hydrogens is 340 g/mol. The van der Waals surface area contributed by atoms with E-state index >= 15 is 0 Å². The van der Waals surface area contributed by atoms with Crippen LogP contribution in [0.15, 0.2) is 35.6 Å². The van der Waals surface area contributed by atoms with E-state index < -0.39 is 6.10 Å². The summed E-state index contributed by atoms with van der Waals surface area (Å²) in [6.45, 7) is 6.50. The molecule has 0 aliphatic rings. The summed E-state index contributed by atoms with van der Waals surface area (Å²) in [6, 6.07) is 7.83. The third-order valence-electron chi connectivity index (χ3n) is 3.81. The van der Waals surface area contributed by atoms with Crippen molar-refractivity contribution in [3.05, 3.63) is 46.6 Å². The highest BCUT2D eigenvalue weighted by atomic mass is 32.2. The Morgan fingerprint density at radius 1 is 1.17 bits per heavy atom. The fourth-order valence-electron chi connectivity index (χ4n) is 2.31. The topological polar surface area (TPSA) is 55.2 Å². The maximum absolute atomic E-state index is 10.2. The zero-order chi connectivity index (χ0) is 17.1. The zero-order valence-corrected chi connectivity index (χ0v) is 15.6. The molecule has 126 valence electrons. The number of rotatable bonds is 6. The van der Waals surface area contributed by atoms with Crippen molar-refractivity contribution in [1.82, 2.24) is 9.97 Å². The third kappa shape index (κ3) is 3.88. The highest BCUT2D eigenvalue weighted by Gasteiger charge is 2.14. The normalized spacial score (nSPS) is 12.5. The molecule has 0 saturated carbocycles. The van der Waals surface area contributed by atoms with Crippen molar-refractivity contribution in [2.75, 3.05) is 12.4 Å². The van der Waals surface area contributed by atoms with Crippen LogP contribution >= 0.6 is 23.1 Å². The first-order valence-electron chi connectivity index (χ1n) is 7.75. The SMILES string of the molecule is Cc1ccc(OCC(O)CSc2ncnc3sc(C)c(C)c23)cc1. The molecule has 0 radical (unpaired) electrons. The Hall–Kier alpha value is -1.63. The number of nitrogens with zero attached hydrogens (tertiary/aromatic N) is 2. The minimum atomic E-state index is -0.554. The van der Waals surface area contributed by atoms with Crippen LogP contribution in [0.25, 0.3) is 10.2 Å². The number of hydrogen-bond donors (Lipinski definition) is 1. The van der Waals surface area contributed by atoms with E-state index in [1.54, 1.807) is 29.4 Å². The highest BCUT2D eigenvalue weighted by molar-refractivity contribution is 7.99. The van der Waals surface area contributed by atoms with Crippen molar-refractivity contribution in [2.45, 2.75) is 31.9 Å². The predicted octanol–water partition coefficient (Wildman–Crippen LogP) is 4.15. The van der Waals surface area contributed by atoms with E-state index in [1.165, 1.54) is 16.0 Å². The maximum Gasteiger partial charge on any atom is 0.128 e. The highest BCUT2D eigenvalue weighted by Crippen LogP contribution is 2.34. The van der Waals surface area contributed by atoms with Crippen molar-refractivity contribution >= 4 is 33.3 Å². The lowest BCUT2D eigenvalue weighted by atomic mass is 10.2. The van der Waals surface area contributed by atoms with Crippen LogP contribution in [-0.4, -0.2) is 33.5 Å². The molecule has 0 bridgehead atoms. The van der Waals surface area contributed by atoms with E-state index in [0.717, 1.165) is 21.0 Å². The largest absolute Gasteiger partial charge is 0.491 e. The van der Waals surface area contributed by atoms with Crippen molar-refractivity contribution in [3.8, 4) is 5.75 Å². The van der Waals surface area contributed by atoms with Gasteiger partial charge in [0.2, 0.25) is 0 Å². The lowest BCUT2D eigenvalue weighted by molar-refractivity contribution is 0.126. The van der Waals surface area contributed by atoms with Gasteiger partial charge in [-0.3, -0.25) is 0 Å². The van der Waals surface area contributed by atoms with Gasteiger partial charge < -0.3 is 9.84 Å². The van der Waals surface area contributed by atoms with Crippen LogP contribution in [0.2, 0.25) is 0 Å². The van der Waals surface area contributed by atoms with Gasteiger partial charge in [-0.15, -0.1) is 23.1 Å². The number of aliphatic hydroxyl groups excluding tert-OH is 1. The average Bonchev–Trinajstić information content (AvgIpc) is 2.87. The van der Waals surface area contributed by atoms with E-state index in [2.05, 4.69) is 23.8 Å². The zero-order valence-electron chi connectivity index (χ0n) is 13.9. The minimum absolute atomic E-state index is 0.270. The smallest absolute Gasteiger partial charge is 0.128 e. The van der Waals surface area contributed by atoms with Crippen LogP contribution in [0.5, 0.6) is 5.75 Å². The first kappa shape index (κ1) is 17.2. The summed E-state index contributed by atoms with van der Waals surface area (Å²) in [5, 5.41) is 12.2. The van der Waals surface area contributed by atoms with Crippen LogP contribution in [0.4, 0.5) is 0 Å². The first-order chi connectivity index (χ1) is 11.5. The molecule has 0 saturated heterocycles. The number of hydrogen-bond acceptors (Lipinski definition) is 6. The van der Waals surface area contributed by atoms with Crippen LogP contribution in [0, 0.1) is 20.8 Å². The third-order valence-corrected chi connectivity index (χ3v) is 6.06. The summed E-state index contributed by atoms with van der Waals surface area (Å²) < 4.78 is 5.63. The standard InChI is InChI=1S/C18H20N2O2S2/c1-11-4-6-15(7-5-11)22-8-14(21)9-23-17-16-12(2)13(3)24-18(16)20-10-19-17/h4-7,10,14,21H,8-9H2,1-3H3. The van der Waals surface area contributed by atoms with Gasteiger partial charge in [-0.25, -0.2) is 9.97 Å². The van der Waals surface area contributed by atoms with E-state index in [1.807, 2.05) is 31.2 Å². The van der Waals surface area contributed by atoms with Gasteiger partial charge in [0.25, 0.3) is 0 Å². The molecule has 1 N–H and O–H groups in total. The summed E-state index contributed by atoms with van der Waals surface area (Å²) in [7, 11) is 0. The van der Waals surface area contributed by atoms with E-state index in [-0.39, 0.29) is 6.61 Å². The van der Waals surface area contributed by atoms with Gasteiger partial charge in [0.15, 0.2) is 0 Å². The summed E-state index contributed by atoms with van der Waals surface area (Å²) in [4.78, 5) is 11.0. The predicted molar refractivity (Wildman–Crippen MR) is 100 cm³/mol. The summed E-state index contributed by atoms with van der Waals surface area (Å²) in [6.07, 6.45) is 1.04. The number of fused-ring (bicyclic) bond motifs is 1. The van der Waals surface area contributed by atoms with Crippen molar-refractivity contribution in [3.63, 3.8) is 0 Å². The second-order valence-corrected chi connectivity index (χ2v) is 7.94. The monoisotopic (exact) mass is 360 g/mol. The molecule has 4 nitrogen and oxygen atoms in total. The second-order valence-electron chi connectivity index (χ2n) is 5.73.